The number of carboxylic acids is 1. The molecule has 5 nitrogen and oxygen atoms in total. The summed E-state index contributed by atoms with van der Waals surface area (Å²) in [7, 11) is 1.53. The lowest BCUT2D eigenvalue weighted by molar-refractivity contribution is -0.137. The van der Waals surface area contributed by atoms with E-state index in [2.05, 4.69) is 11.2 Å². The highest BCUT2D eigenvalue weighted by Gasteiger charge is 2.16. The van der Waals surface area contributed by atoms with Crippen LogP contribution in [0.3, 0.4) is 0 Å². The number of hydrogen-bond acceptors (Lipinski definition) is 2. The van der Waals surface area contributed by atoms with Crippen molar-refractivity contribution < 1.29 is 14.7 Å². The number of amides is 2. The first-order chi connectivity index (χ1) is 7.38. The molecule has 2 N–H and O–H groups in total. The predicted molar refractivity (Wildman–Crippen MR) is 60.9 cm³/mol. The van der Waals surface area contributed by atoms with Crippen molar-refractivity contribution in [1.82, 2.24) is 10.2 Å². The number of carbonyl (C=O) groups excluding carboxylic acids is 1. The van der Waals surface area contributed by atoms with Gasteiger partial charge in [0.05, 0.1) is 12.5 Å². The van der Waals surface area contributed by atoms with Crippen molar-refractivity contribution in [1.29, 1.82) is 0 Å². The number of carboxylic acid groups (broad SMARTS) is 1. The third kappa shape index (κ3) is 5.25. The Morgan fingerprint density at radius 3 is 2.44 bits per heavy atom. The molecule has 0 aromatic heterocycles. The van der Waals surface area contributed by atoms with Crippen LogP contribution in [0, 0.1) is 18.3 Å². The smallest absolute Gasteiger partial charge is 0.318 e. The molecule has 2 amide bonds. The molecule has 16 heavy (non-hydrogen) atoms. The van der Waals surface area contributed by atoms with E-state index in [-0.39, 0.29) is 31.0 Å². The van der Waals surface area contributed by atoms with Gasteiger partial charge in [0.2, 0.25) is 0 Å². The van der Waals surface area contributed by atoms with Gasteiger partial charge in [0.1, 0.15) is 0 Å². The minimum atomic E-state index is -0.933. The minimum absolute atomic E-state index is 0.0771. The van der Waals surface area contributed by atoms with Gasteiger partial charge in [0.15, 0.2) is 0 Å². The summed E-state index contributed by atoms with van der Waals surface area (Å²) in [6.07, 6.45) is 5.19. The van der Waals surface area contributed by atoms with E-state index >= 15 is 0 Å². The highest BCUT2D eigenvalue weighted by molar-refractivity contribution is 5.75. The third-order valence-corrected chi connectivity index (χ3v) is 2.13. The van der Waals surface area contributed by atoms with E-state index in [9.17, 15) is 9.59 Å². The van der Waals surface area contributed by atoms with Crippen molar-refractivity contribution in [3.05, 3.63) is 0 Å². The number of nitrogens with one attached hydrogen (secondary N) is 1. The molecule has 0 bridgehead atoms. The van der Waals surface area contributed by atoms with Crippen LogP contribution >= 0.6 is 0 Å². The maximum absolute atomic E-state index is 11.6. The summed E-state index contributed by atoms with van der Waals surface area (Å²) >= 11 is 0. The fourth-order valence-corrected chi connectivity index (χ4v) is 1.01. The van der Waals surface area contributed by atoms with Gasteiger partial charge in [-0.15, -0.1) is 6.42 Å². The van der Waals surface area contributed by atoms with E-state index in [4.69, 9.17) is 11.5 Å². The number of terminal acetylenes is 1. The lowest BCUT2D eigenvalue weighted by Gasteiger charge is -2.22. The Morgan fingerprint density at radius 1 is 1.50 bits per heavy atom. The van der Waals surface area contributed by atoms with Crippen LogP contribution in [-0.4, -0.2) is 41.6 Å². The standard InChI is InChI=1S/C11H18N2O3/c1-5-9(8(2)3)12-11(16)13(4)7-6-10(14)15/h1,8-9H,6-7H2,2-4H3,(H,12,16)(H,14,15). The summed E-state index contributed by atoms with van der Waals surface area (Å²) in [5.74, 6) is 1.68. The molecule has 0 spiro atoms. The Morgan fingerprint density at radius 2 is 2.06 bits per heavy atom. The molecule has 0 aromatic rings. The molecule has 90 valence electrons. The molecule has 0 saturated heterocycles. The fraction of sp³-hybridized carbons (Fsp3) is 0.636. The number of aliphatic carboxylic acids is 1. The topological polar surface area (TPSA) is 69.6 Å². The second-order valence-electron chi connectivity index (χ2n) is 3.90. The highest BCUT2D eigenvalue weighted by atomic mass is 16.4. The van der Waals surface area contributed by atoms with Gasteiger partial charge in [-0.25, -0.2) is 4.79 Å². The van der Waals surface area contributed by atoms with Gasteiger partial charge in [-0.2, -0.15) is 0 Å². The van der Waals surface area contributed by atoms with E-state index in [0.717, 1.165) is 0 Å². The van der Waals surface area contributed by atoms with Gasteiger partial charge in [0, 0.05) is 13.6 Å². The van der Waals surface area contributed by atoms with Crippen molar-refractivity contribution in [3.63, 3.8) is 0 Å². The lowest BCUT2D eigenvalue weighted by atomic mass is 10.1. The van der Waals surface area contributed by atoms with Gasteiger partial charge in [-0.3, -0.25) is 4.79 Å². The molecule has 0 aliphatic heterocycles. The molecule has 0 fully saturated rings. The zero-order valence-corrected chi connectivity index (χ0v) is 9.86. The number of rotatable bonds is 5. The first-order valence-corrected chi connectivity index (χ1v) is 5.08. The third-order valence-electron chi connectivity index (χ3n) is 2.13. The second kappa shape index (κ2) is 6.72. The molecule has 0 aliphatic carbocycles. The first kappa shape index (κ1) is 14.3. The summed E-state index contributed by atoms with van der Waals surface area (Å²) in [6, 6.07) is -0.683. The minimum Gasteiger partial charge on any atom is -0.481 e. The summed E-state index contributed by atoms with van der Waals surface area (Å²) in [6.45, 7) is 3.97. The Balaban J connectivity index is 4.14. The van der Waals surface area contributed by atoms with Crippen LogP contribution in [-0.2, 0) is 4.79 Å². The molecule has 0 saturated carbocycles. The molecule has 0 aliphatic rings. The Kier molecular flexibility index (Phi) is 6.01. The average Bonchev–Trinajstić information content (AvgIpc) is 2.21. The first-order valence-electron chi connectivity index (χ1n) is 5.08. The Labute approximate surface area is 95.8 Å². The summed E-state index contributed by atoms with van der Waals surface area (Å²) in [5, 5.41) is 11.1. The van der Waals surface area contributed by atoms with Gasteiger partial charge < -0.3 is 15.3 Å². The molecule has 1 unspecified atom stereocenters. The van der Waals surface area contributed by atoms with Crippen LogP contribution in [0.4, 0.5) is 4.79 Å². The van der Waals surface area contributed by atoms with Crippen LogP contribution in [0.1, 0.15) is 20.3 Å². The molecule has 0 aromatic carbocycles. The number of nitrogens with zero attached hydrogens (tertiary/aromatic N) is 1. The van der Waals surface area contributed by atoms with Crippen LogP contribution in [0.2, 0.25) is 0 Å². The van der Waals surface area contributed by atoms with Gasteiger partial charge in [-0.1, -0.05) is 19.8 Å². The van der Waals surface area contributed by atoms with Gasteiger partial charge >= 0.3 is 12.0 Å². The quantitative estimate of drug-likeness (QED) is 0.680. The summed E-state index contributed by atoms with van der Waals surface area (Å²) in [5.41, 5.74) is 0. The Hall–Kier alpha value is -1.70. The van der Waals surface area contributed by atoms with Crippen molar-refractivity contribution in [2.75, 3.05) is 13.6 Å². The second-order valence-corrected chi connectivity index (χ2v) is 3.90. The molecule has 1 atom stereocenters. The van der Waals surface area contributed by atoms with E-state index in [1.807, 2.05) is 13.8 Å². The Bertz CT molecular complexity index is 294. The van der Waals surface area contributed by atoms with Gasteiger partial charge in [0.25, 0.3) is 0 Å². The predicted octanol–water partition coefficient (Wildman–Crippen LogP) is 0.760. The summed E-state index contributed by atoms with van der Waals surface area (Å²) < 4.78 is 0. The maximum atomic E-state index is 11.6. The molecular weight excluding hydrogens is 208 g/mol. The van der Waals surface area contributed by atoms with Crippen LogP contribution < -0.4 is 5.32 Å². The van der Waals surface area contributed by atoms with E-state index in [1.54, 1.807) is 0 Å². The van der Waals surface area contributed by atoms with Crippen LogP contribution in [0.25, 0.3) is 0 Å². The SMILES string of the molecule is C#CC(NC(=O)N(C)CCC(=O)O)C(C)C. The normalized spacial score (nSPS) is 11.7. The average molecular weight is 226 g/mol. The van der Waals surface area contributed by atoms with Crippen LogP contribution in [0.15, 0.2) is 0 Å². The van der Waals surface area contributed by atoms with Crippen LogP contribution in [0.5, 0.6) is 0 Å². The van der Waals surface area contributed by atoms with E-state index < -0.39 is 5.97 Å². The van der Waals surface area contributed by atoms with Crippen molar-refractivity contribution >= 4 is 12.0 Å². The molecular formula is C11H18N2O3. The van der Waals surface area contributed by atoms with Gasteiger partial charge in [-0.05, 0) is 5.92 Å². The largest absolute Gasteiger partial charge is 0.481 e. The number of urea groups is 1. The van der Waals surface area contributed by atoms with E-state index in [0.29, 0.717) is 0 Å². The maximum Gasteiger partial charge on any atom is 0.318 e. The highest BCUT2D eigenvalue weighted by Crippen LogP contribution is 2.00. The van der Waals surface area contributed by atoms with Crippen molar-refractivity contribution in [2.24, 2.45) is 5.92 Å². The monoisotopic (exact) mass is 226 g/mol. The molecule has 0 rings (SSSR count). The lowest BCUT2D eigenvalue weighted by Crippen LogP contribution is -2.45. The zero-order chi connectivity index (χ0) is 12.7. The van der Waals surface area contributed by atoms with Crippen molar-refractivity contribution in [2.45, 2.75) is 26.3 Å². The van der Waals surface area contributed by atoms with E-state index in [1.165, 1.54) is 11.9 Å². The number of hydrogen-bond donors (Lipinski definition) is 2. The zero-order valence-electron chi connectivity index (χ0n) is 9.86. The fourth-order valence-electron chi connectivity index (χ4n) is 1.01. The molecule has 0 heterocycles. The number of carbonyl (C=O) groups is 2. The molecule has 0 radical (unpaired) electrons. The molecule has 5 heteroatoms. The summed E-state index contributed by atoms with van der Waals surface area (Å²) in [4.78, 5) is 23.2. The van der Waals surface area contributed by atoms with Crippen molar-refractivity contribution in [3.8, 4) is 12.3 Å².